The molecule has 1 atom stereocenters. The van der Waals surface area contributed by atoms with Crippen LogP contribution in [0.3, 0.4) is 0 Å². The zero-order valence-corrected chi connectivity index (χ0v) is 16.6. The van der Waals surface area contributed by atoms with Crippen LogP contribution in [0.4, 0.5) is 11.6 Å². The van der Waals surface area contributed by atoms with E-state index in [1.807, 2.05) is 55.5 Å². The predicted molar refractivity (Wildman–Crippen MR) is 115 cm³/mol. The molecule has 6 nitrogen and oxygen atoms in total. The first kappa shape index (κ1) is 18.9. The van der Waals surface area contributed by atoms with Crippen molar-refractivity contribution in [3.05, 3.63) is 90.5 Å². The normalized spacial score (nSPS) is 12.4. The minimum atomic E-state index is -3.80. The first-order valence-electron chi connectivity index (χ1n) is 9.19. The Balaban J connectivity index is 1.74. The predicted octanol–water partition coefficient (Wildman–Crippen LogP) is 4.60. The Hall–Kier alpha value is -3.45. The summed E-state index contributed by atoms with van der Waals surface area (Å²) in [5.41, 5.74) is 2.34. The highest BCUT2D eigenvalue weighted by atomic mass is 32.2. The standard InChI is InChI=1S/C22H20N4O2S/c1-16(17-10-4-2-5-11-17)23-21-22(25-20-15-9-8-14-19(20)24-21)26-29(27,28)18-12-6-3-7-13-18/h2-16H,1H3,(H,23,24)(H,25,26)/t16-/m0/s1. The van der Waals surface area contributed by atoms with Crippen LogP contribution in [0.15, 0.2) is 89.8 Å². The highest BCUT2D eigenvalue weighted by Gasteiger charge is 2.19. The van der Waals surface area contributed by atoms with Crippen molar-refractivity contribution in [2.24, 2.45) is 0 Å². The number of fused-ring (bicyclic) bond motifs is 1. The molecular formula is C22H20N4O2S. The van der Waals surface area contributed by atoms with Gasteiger partial charge in [0.15, 0.2) is 11.6 Å². The molecule has 4 aromatic rings. The second-order valence-electron chi connectivity index (χ2n) is 6.60. The number of rotatable bonds is 6. The zero-order valence-electron chi connectivity index (χ0n) is 15.8. The third-order valence-corrected chi connectivity index (χ3v) is 5.86. The van der Waals surface area contributed by atoms with Gasteiger partial charge < -0.3 is 5.32 Å². The summed E-state index contributed by atoms with van der Waals surface area (Å²) in [6.45, 7) is 1.99. The van der Waals surface area contributed by atoms with Crippen LogP contribution >= 0.6 is 0 Å². The number of nitrogens with one attached hydrogen (secondary N) is 2. The summed E-state index contributed by atoms with van der Waals surface area (Å²) in [6, 6.07) is 25.3. The number of aromatic nitrogens is 2. The van der Waals surface area contributed by atoms with Gasteiger partial charge in [0.25, 0.3) is 10.0 Å². The lowest BCUT2D eigenvalue weighted by Crippen LogP contribution is -2.17. The summed E-state index contributed by atoms with van der Waals surface area (Å²) in [5.74, 6) is 0.537. The smallest absolute Gasteiger partial charge is 0.263 e. The molecule has 0 aliphatic carbocycles. The topological polar surface area (TPSA) is 84.0 Å². The fourth-order valence-electron chi connectivity index (χ4n) is 2.99. The minimum absolute atomic E-state index is 0.0911. The highest BCUT2D eigenvalue weighted by molar-refractivity contribution is 7.92. The Morgan fingerprint density at radius 1 is 0.724 bits per heavy atom. The van der Waals surface area contributed by atoms with Crippen LogP contribution in [0, 0.1) is 0 Å². The molecule has 0 fully saturated rings. The van der Waals surface area contributed by atoms with E-state index < -0.39 is 10.0 Å². The molecule has 0 radical (unpaired) electrons. The first-order chi connectivity index (χ1) is 14.0. The van der Waals surface area contributed by atoms with E-state index >= 15 is 0 Å². The van der Waals surface area contributed by atoms with Gasteiger partial charge in [-0.25, -0.2) is 18.4 Å². The van der Waals surface area contributed by atoms with Gasteiger partial charge in [-0.3, -0.25) is 4.72 Å². The molecule has 0 aliphatic rings. The van der Waals surface area contributed by atoms with Gasteiger partial charge in [-0.2, -0.15) is 0 Å². The lowest BCUT2D eigenvalue weighted by Gasteiger charge is -2.18. The third-order valence-electron chi connectivity index (χ3n) is 4.51. The van der Waals surface area contributed by atoms with E-state index in [4.69, 9.17) is 0 Å². The molecule has 0 saturated carbocycles. The molecule has 4 rings (SSSR count). The van der Waals surface area contributed by atoms with Crippen LogP contribution in [0.2, 0.25) is 0 Å². The highest BCUT2D eigenvalue weighted by Crippen LogP contribution is 2.27. The van der Waals surface area contributed by atoms with Gasteiger partial charge in [-0.1, -0.05) is 60.7 Å². The maximum Gasteiger partial charge on any atom is 0.263 e. The summed E-state index contributed by atoms with van der Waals surface area (Å²) >= 11 is 0. The Bertz CT molecular complexity index is 1230. The van der Waals surface area contributed by atoms with Crippen molar-refractivity contribution in [2.45, 2.75) is 17.9 Å². The number of hydrogen-bond acceptors (Lipinski definition) is 5. The Morgan fingerprint density at radius 2 is 1.24 bits per heavy atom. The zero-order chi connectivity index (χ0) is 20.3. The molecule has 3 aromatic carbocycles. The fraction of sp³-hybridized carbons (Fsp3) is 0.0909. The number of para-hydroxylation sites is 2. The average molecular weight is 404 g/mol. The maximum absolute atomic E-state index is 12.8. The second-order valence-corrected chi connectivity index (χ2v) is 8.29. The quantitative estimate of drug-likeness (QED) is 0.490. The van der Waals surface area contributed by atoms with Crippen LogP contribution in [-0.4, -0.2) is 18.4 Å². The molecule has 0 amide bonds. The lowest BCUT2D eigenvalue weighted by molar-refractivity contribution is 0.601. The van der Waals surface area contributed by atoms with E-state index in [9.17, 15) is 8.42 Å². The number of nitrogens with zero attached hydrogens (tertiary/aromatic N) is 2. The van der Waals surface area contributed by atoms with E-state index in [1.54, 1.807) is 24.3 Å². The summed E-state index contributed by atoms with van der Waals surface area (Å²) in [6.07, 6.45) is 0. The summed E-state index contributed by atoms with van der Waals surface area (Å²) in [4.78, 5) is 9.30. The molecular weight excluding hydrogens is 384 g/mol. The summed E-state index contributed by atoms with van der Waals surface area (Å²) in [7, 11) is -3.80. The molecule has 2 N–H and O–H groups in total. The minimum Gasteiger partial charge on any atom is -0.360 e. The average Bonchev–Trinajstić information content (AvgIpc) is 2.75. The van der Waals surface area contributed by atoms with Gasteiger partial charge in [-0.15, -0.1) is 0 Å². The number of sulfonamides is 1. The van der Waals surface area contributed by atoms with Crippen molar-refractivity contribution >= 4 is 32.7 Å². The molecule has 0 spiro atoms. The largest absolute Gasteiger partial charge is 0.360 e. The maximum atomic E-state index is 12.8. The Labute approximate surface area is 169 Å². The van der Waals surface area contributed by atoms with E-state index in [1.165, 1.54) is 12.1 Å². The SMILES string of the molecule is C[C@H](Nc1nc2ccccc2nc1NS(=O)(=O)c1ccccc1)c1ccccc1. The van der Waals surface area contributed by atoms with Crippen molar-refractivity contribution in [2.75, 3.05) is 10.0 Å². The second kappa shape index (κ2) is 7.89. The summed E-state index contributed by atoms with van der Waals surface area (Å²) < 4.78 is 28.3. The molecule has 0 saturated heterocycles. The number of benzene rings is 3. The van der Waals surface area contributed by atoms with Crippen LogP contribution in [-0.2, 0) is 10.0 Å². The first-order valence-corrected chi connectivity index (χ1v) is 10.7. The van der Waals surface area contributed by atoms with Crippen molar-refractivity contribution in [3.63, 3.8) is 0 Å². The van der Waals surface area contributed by atoms with Gasteiger partial charge in [-0.05, 0) is 36.8 Å². The van der Waals surface area contributed by atoms with Crippen LogP contribution in [0.5, 0.6) is 0 Å². The molecule has 0 aliphatic heterocycles. The van der Waals surface area contributed by atoms with Gasteiger partial charge in [0.2, 0.25) is 0 Å². The molecule has 1 aromatic heterocycles. The molecule has 1 heterocycles. The van der Waals surface area contributed by atoms with Crippen molar-refractivity contribution in [1.29, 1.82) is 0 Å². The number of hydrogen-bond donors (Lipinski definition) is 2. The Morgan fingerprint density at radius 3 is 1.86 bits per heavy atom. The van der Waals surface area contributed by atoms with Crippen LogP contribution in [0.25, 0.3) is 11.0 Å². The molecule has 7 heteroatoms. The molecule has 29 heavy (non-hydrogen) atoms. The van der Waals surface area contributed by atoms with Gasteiger partial charge in [0.05, 0.1) is 22.0 Å². The van der Waals surface area contributed by atoms with E-state index in [0.717, 1.165) is 5.56 Å². The van der Waals surface area contributed by atoms with Crippen molar-refractivity contribution < 1.29 is 8.42 Å². The van der Waals surface area contributed by atoms with E-state index in [2.05, 4.69) is 20.0 Å². The van der Waals surface area contributed by atoms with Crippen molar-refractivity contribution in [3.8, 4) is 0 Å². The van der Waals surface area contributed by atoms with E-state index in [0.29, 0.717) is 16.9 Å². The lowest BCUT2D eigenvalue weighted by atomic mass is 10.1. The van der Waals surface area contributed by atoms with Crippen LogP contribution < -0.4 is 10.0 Å². The number of anilines is 2. The monoisotopic (exact) mass is 404 g/mol. The Kier molecular flexibility index (Phi) is 5.14. The van der Waals surface area contributed by atoms with Gasteiger partial charge in [0, 0.05) is 0 Å². The molecule has 0 bridgehead atoms. The van der Waals surface area contributed by atoms with Gasteiger partial charge >= 0.3 is 0 Å². The fourth-order valence-corrected chi connectivity index (χ4v) is 4.02. The van der Waals surface area contributed by atoms with Gasteiger partial charge in [0.1, 0.15) is 0 Å². The van der Waals surface area contributed by atoms with E-state index in [-0.39, 0.29) is 16.8 Å². The molecule has 0 unspecified atom stereocenters. The third kappa shape index (κ3) is 4.20. The van der Waals surface area contributed by atoms with Crippen molar-refractivity contribution in [1.82, 2.24) is 9.97 Å². The summed E-state index contributed by atoms with van der Waals surface area (Å²) in [5, 5.41) is 3.29. The molecule has 146 valence electrons. The van der Waals surface area contributed by atoms with Crippen LogP contribution in [0.1, 0.15) is 18.5 Å².